The summed E-state index contributed by atoms with van der Waals surface area (Å²) in [7, 11) is 0. The van der Waals surface area contributed by atoms with Gasteiger partial charge in [-0.05, 0) is 37.0 Å². The van der Waals surface area contributed by atoms with Crippen molar-refractivity contribution in [2.24, 2.45) is 11.8 Å². The largest absolute Gasteiger partial charge is 0.350 e. The lowest BCUT2D eigenvalue weighted by Gasteiger charge is -2.20. The highest BCUT2D eigenvalue weighted by Crippen LogP contribution is 2.39. The summed E-state index contributed by atoms with van der Waals surface area (Å²) in [5, 5.41) is 2.75. The number of carbonyl (C=O) groups excluding carboxylic acids is 2. The third-order valence-electron chi connectivity index (χ3n) is 3.86. The maximum Gasteiger partial charge on any atom is 0.239 e. The molecule has 1 aliphatic rings. The van der Waals surface area contributed by atoms with Crippen molar-refractivity contribution >= 4 is 11.8 Å². The maximum atomic E-state index is 12.8. The van der Waals surface area contributed by atoms with Gasteiger partial charge in [0, 0.05) is 19.0 Å². The van der Waals surface area contributed by atoms with Crippen LogP contribution in [0, 0.1) is 17.7 Å². The Morgan fingerprint density at radius 1 is 1.33 bits per heavy atom. The smallest absolute Gasteiger partial charge is 0.239 e. The van der Waals surface area contributed by atoms with Crippen molar-refractivity contribution in [3.63, 3.8) is 0 Å². The van der Waals surface area contributed by atoms with E-state index in [0.29, 0.717) is 19.0 Å². The van der Waals surface area contributed by atoms with Gasteiger partial charge in [0.25, 0.3) is 0 Å². The SMILES string of the molecule is CCN(CC(=O)NCc1ccc(F)cc1)C(=O)[C@H]1C[C@@H]1C. The zero-order valence-electron chi connectivity index (χ0n) is 12.4. The topological polar surface area (TPSA) is 49.4 Å². The Balaban J connectivity index is 1.80. The van der Waals surface area contributed by atoms with Crippen LogP contribution in [0.1, 0.15) is 25.8 Å². The molecular formula is C16H21FN2O2. The molecule has 1 aliphatic carbocycles. The molecule has 0 spiro atoms. The van der Waals surface area contributed by atoms with Crippen LogP contribution in [0.2, 0.25) is 0 Å². The number of carbonyl (C=O) groups is 2. The van der Waals surface area contributed by atoms with Crippen LogP contribution < -0.4 is 5.32 Å². The Labute approximate surface area is 124 Å². The molecule has 0 unspecified atom stereocenters. The molecule has 1 N–H and O–H groups in total. The first-order valence-electron chi connectivity index (χ1n) is 7.31. The standard InChI is InChI=1S/C16H21FN2O2/c1-3-19(16(21)14-8-11(14)2)10-15(20)18-9-12-4-6-13(17)7-5-12/h4-7,11,14H,3,8-10H2,1-2H3,(H,18,20)/t11-,14-/m0/s1. The van der Waals surface area contributed by atoms with Crippen LogP contribution in [0.3, 0.4) is 0 Å². The number of nitrogens with zero attached hydrogens (tertiary/aromatic N) is 1. The fourth-order valence-electron chi connectivity index (χ4n) is 2.28. The highest BCUT2D eigenvalue weighted by molar-refractivity contribution is 5.87. The lowest BCUT2D eigenvalue weighted by molar-refractivity contribution is -0.137. The number of hydrogen-bond acceptors (Lipinski definition) is 2. The molecule has 114 valence electrons. The van der Waals surface area contributed by atoms with E-state index in [1.165, 1.54) is 12.1 Å². The van der Waals surface area contributed by atoms with Gasteiger partial charge >= 0.3 is 0 Å². The molecule has 0 saturated heterocycles. The van der Waals surface area contributed by atoms with Gasteiger partial charge < -0.3 is 10.2 Å². The van der Waals surface area contributed by atoms with Gasteiger partial charge in [-0.25, -0.2) is 4.39 Å². The van der Waals surface area contributed by atoms with E-state index in [1.807, 2.05) is 13.8 Å². The molecule has 2 atom stereocenters. The van der Waals surface area contributed by atoms with E-state index in [0.717, 1.165) is 12.0 Å². The van der Waals surface area contributed by atoms with Gasteiger partial charge in [0.05, 0.1) is 6.54 Å². The average molecular weight is 292 g/mol. The second-order valence-corrected chi connectivity index (χ2v) is 5.58. The molecule has 1 aromatic rings. The summed E-state index contributed by atoms with van der Waals surface area (Å²) in [4.78, 5) is 25.6. The Kier molecular flexibility index (Phi) is 4.94. The lowest BCUT2D eigenvalue weighted by Crippen LogP contribution is -2.41. The van der Waals surface area contributed by atoms with Crippen molar-refractivity contribution in [1.29, 1.82) is 0 Å². The van der Waals surface area contributed by atoms with Gasteiger partial charge in [-0.1, -0.05) is 19.1 Å². The van der Waals surface area contributed by atoms with Crippen LogP contribution in [0.4, 0.5) is 4.39 Å². The number of amides is 2. The monoisotopic (exact) mass is 292 g/mol. The van der Waals surface area contributed by atoms with Crippen molar-refractivity contribution in [2.75, 3.05) is 13.1 Å². The van der Waals surface area contributed by atoms with Gasteiger partial charge in [0.15, 0.2) is 0 Å². The second kappa shape index (κ2) is 6.70. The van der Waals surface area contributed by atoms with Crippen molar-refractivity contribution in [1.82, 2.24) is 10.2 Å². The van der Waals surface area contributed by atoms with Gasteiger partial charge in [-0.2, -0.15) is 0 Å². The number of likely N-dealkylation sites (N-methyl/N-ethyl adjacent to an activating group) is 1. The zero-order chi connectivity index (χ0) is 15.4. The minimum Gasteiger partial charge on any atom is -0.350 e. The molecule has 0 aromatic heterocycles. The van der Waals surface area contributed by atoms with E-state index in [1.54, 1.807) is 17.0 Å². The van der Waals surface area contributed by atoms with E-state index in [-0.39, 0.29) is 30.1 Å². The molecule has 0 radical (unpaired) electrons. The molecule has 1 saturated carbocycles. The first-order valence-corrected chi connectivity index (χ1v) is 7.31. The van der Waals surface area contributed by atoms with Crippen molar-refractivity contribution in [2.45, 2.75) is 26.8 Å². The van der Waals surface area contributed by atoms with Crippen LogP contribution >= 0.6 is 0 Å². The first kappa shape index (κ1) is 15.5. The average Bonchev–Trinajstić information content (AvgIpc) is 3.20. The minimum absolute atomic E-state index is 0.0712. The molecule has 1 aromatic carbocycles. The van der Waals surface area contributed by atoms with Crippen LogP contribution in [0.25, 0.3) is 0 Å². The Bertz CT molecular complexity index is 516. The summed E-state index contributed by atoms with van der Waals surface area (Å²) < 4.78 is 12.8. The molecule has 2 amide bonds. The molecule has 21 heavy (non-hydrogen) atoms. The number of halogens is 1. The molecule has 2 rings (SSSR count). The number of rotatable bonds is 6. The summed E-state index contributed by atoms with van der Waals surface area (Å²) in [5.74, 6) is 0.111. The normalized spacial score (nSPS) is 20.0. The minimum atomic E-state index is -0.300. The fourth-order valence-corrected chi connectivity index (χ4v) is 2.28. The van der Waals surface area contributed by atoms with Crippen LogP contribution in [-0.4, -0.2) is 29.8 Å². The van der Waals surface area contributed by atoms with Gasteiger partial charge in [0.2, 0.25) is 11.8 Å². The van der Waals surface area contributed by atoms with Crippen molar-refractivity contribution in [3.05, 3.63) is 35.6 Å². The van der Waals surface area contributed by atoms with Gasteiger partial charge in [-0.15, -0.1) is 0 Å². The molecular weight excluding hydrogens is 271 g/mol. The summed E-state index contributed by atoms with van der Waals surface area (Å²) in [6, 6.07) is 5.98. The van der Waals surface area contributed by atoms with Crippen LogP contribution in [0.5, 0.6) is 0 Å². The van der Waals surface area contributed by atoms with E-state index < -0.39 is 0 Å². The third-order valence-corrected chi connectivity index (χ3v) is 3.86. The number of nitrogens with one attached hydrogen (secondary N) is 1. The van der Waals surface area contributed by atoms with Gasteiger partial charge in [0.1, 0.15) is 5.82 Å². The predicted molar refractivity (Wildman–Crippen MR) is 77.8 cm³/mol. The first-order chi connectivity index (χ1) is 10.0. The number of benzene rings is 1. The van der Waals surface area contributed by atoms with Gasteiger partial charge in [-0.3, -0.25) is 9.59 Å². The zero-order valence-corrected chi connectivity index (χ0v) is 12.4. The molecule has 0 bridgehead atoms. The molecule has 5 heteroatoms. The van der Waals surface area contributed by atoms with Crippen LogP contribution in [0.15, 0.2) is 24.3 Å². The summed E-state index contributed by atoms with van der Waals surface area (Å²) in [5.41, 5.74) is 0.829. The van der Waals surface area contributed by atoms with E-state index in [9.17, 15) is 14.0 Å². The lowest BCUT2D eigenvalue weighted by atomic mass is 10.2. The number of hydrogen-bond donors (Lipinski definition) is 1. The summed E-state index contributed by atoms with van der Waals surface area (Å²) in [6.07, 6.45) is 0.923. The van der Waals surface area contributed by atoms with Crippen molar-refractivity contribution < 1.29 is 14.0 Å². The molecule has 4 nitrogen and oxygen atoms in total. The van der Waals surface area contributed by atoms with E-state index >= 15 is 0 Å². The van der Waals surface area contributed by atoms with Crippen LogP contribution in [-0.2, 0) is 16.1 Å². The summed E-state index contributed by atoms with van der Waals surface area (Å²) in [6.45, 7) is 4.87. The highest BCUT2D eigenvalue weighted by Gasteiger charge is 2.41. The Morgan fingerprint density at radius 2 is 1.95 bits per heavy atom. The second-order valence-electron chi connectivity index (χ2n) is 5.58. The molecule has 0 heterocycles. The Morgan fingerprint density at radius 3 is 2.48 bits per heavy atom. The molecule has 0 aliphatic heterocycles. The molecule has 1 fully saturated rings. The predicted octanol–water partition coefficient (Wildman–Crippen LogP) is 1.95. The quantitative estimate of drug-likeness (QED) is 0.871. The maximum absolute atomic E-state index is 12.8. The summed E-state index contributed by atoms with van der Waals surface area (Å²) >= 11 is 0. The third kappa shape index (κ3) is 4.28. The Hall–Kier alpha value is -1.91. The van der Waals surface area contributed by atoms with E-state index in [4.69, 9.17) is 0 Å². The van der Waals surface area contributed by atoms with Crippen molar-refractivity contribution in [3.8, 4) is 0 Å². The van der Waals surface area contributed by atoms with E-state index in [2.05, 4.69) is 5.32 Å². The highest BCUT2D eigenvalue weighted by atomic mass is 19.1. The fraction of sp³-hybridized carbons (Fsp3) is 0.500.